The van der Waals surface area contributed by atoms with Gasteiger partial charge in [-0.3, -0.25) is 0 Å². The SMILES string of the molecule is O=S(=O)(Cc1ccccc1)Cc1ncn(-c2ccccc2)n1. The fraction of sp³-hybridized carbons (Fsp3) is 0.125. The van der Waals surface area contributed by atoms with E-state index in [0.29, 0.717) is 5.82 Å². The van der Waals surface area contributed by atoms with Gasteiger partial charge >= 0.3 is 0 Å². The fourth-order valence-corrected chi connectivity index (χ4v) is 3.47. The zero-order valence-electron chi connectivity index (χ0n) is 11.8. The predicted octanol–water partition coefficient (Wildman–Crippen LogP) is 2.38. The Morgan fingerprint density at radius 1 is 0.864 bits per heavy atom. The van der Waals surface area contributed by atoms with Crippen LogP contribution < -0.4 is 0 Å². The Labute approximate surface area is 129 Å². The van der Waals surface area contributed by atoms with E-state index < -0.39 is 9.84 Å². The number of nitrogens with zero attached hydrogens (tertiary/aromatic N) is 3. The second-order valence-electron chi connectivity index (χ2n) is 4.96. The lowest BCUT2D eigenvalue weighted by molar-refractivity contribution is 0.593. The molecule has 3 aromatic rings. The predicted molar refractivity (Wildman–Crippen MR) is 84.1 cm³/mol. The van der Waals surface area contributed by atoms with Gasteiger partial charge in [0.15, 0.2) is 15.7 Å². The van der Waals surface area contributed by atoms with Crippen LogP contribution in [0.4, 0.5) is 0 Å². The Morgan fingerprint density at radius 3 is 2.18 bits per heavy atom. The Kier molecular flexibility index (Phi) is 4.02. The van der Waals surface area contributed by atoms with Gasteiger partial charge in [-0.05, 0) is 17.7 Å². The molecular weight excluding hydrogens is 298 g/mol. The lowest BCUT2D eigenvalue weighted by atomic mass is 10.2. The molecule has 0 saturated carbocycles. The first kappa shape index (κ1) is 14.5. The van der Waals surface area contributed by atoms with E-state index in [1.54, 1.807) is 16.8 Å². The average Bonchev–Trinajstić information content (AvgIpc) is 2.96. The first-order valence-electron chi connectivity index (χ1n) is 6.83. The molecule has 6 heteroatoms. The van der Waals surface area contributed by atoms with E-state index in [4.69, 9.17) is 0 Å². The number of rotatable bonds is 5. The second kappa shape index (κ2) is 6.11. The van der Waals surface area contributed by atoms with Crippen LogP contribution in [-0.2, 0) is 21.3 Å². The van der Waals surface area contributed by atoms with Crippen LogP contribution in [0.25, 0.3) is 5.69 Å². The van der Waals surface area contributed by atoms with E-state index in [1.165, 1.54) is 6.33 Å². The molecule has 0 unspecified atom stereocenters. The lowest BCUT2D eigenvalue weighted by Gasteiger charge is -2.02. The highest BCUT2D eigenvalue weighted by atomic mass is 32.2. The number of hydrogen-bond donors (Lipinski definition) is 0. The molecule has 0 N–H and O–H groups in total. The van der Waals surface area contributed by atoms with E-state index in [2.05, 4.69) is 10.1 Å². The van der Waals surface area contributed by atoms with Gasteiger partial charge in [-0.1, -0.05) is 48.5 Å². The van der Waals surface area contributed by atoms with Crippen LogP contribution in [0.5, 0.6) is 0 Å². The van der Waals surface area contributed by atoms with E-state index in [-0.39, 0.29) is 11.5 Å². The maximum Gasteiger partial charge on any atom is 0.166 e. The van der Waals surface area contributed by atoms with Crippen LogP contribution in [0, 0.1) is 0 Å². The average molecular weight is 313 g/mol. The van der Waals surface area contributed by atoms with Gasteiger partial charge in [0.2, 0.25) is 0 Å². The minimum absolute atomic E-state index is 0.00623. The maximum absolute atomic E-state index is 12.2. The summed E-state index contributed by atoms with van der Waals surface area (Å²) in [5, 5.41) is 4.23. The normalized spacial score (nSPS) is 11.5. The number of para-hydroxylation sites is 1. The number of benzene rings is 2. The van der Waals surface area contributed by atoms with Crippen molar-refractivity contribution < 1.29 is 8.42 Å². The van der Waals surface area contributed by atoms with Crippen LogP contribution >= 0.6 is 0 Å². The van der Waals surface area contributed by atoms with Gasteiger partial charge in [-0.15, -0.1) is 0 Å². The molecule has 0 saturated heterocycles. The van der Waals surface area contributed by atoms with Crippen LogP contribution in [0.2, 0.25) is 0 Å². The third-order valence-electron chi connectivity index (χ3n) is 3.14. The highest BCUT2D eigenvalue weighted by Gasteiger charge is 2.16. The second-order valence-corrected chi connectivity index (χ2v) is 7.02. The van der Waals surface area contributed by atoms with Gasteiger partial charge in [0.05, 0.1) is 11.4 Å². The molecule has 0 radical (unpaired) electrons. The Hall–Kier alpha value is -2.47. The first-order chi connectivity index (χ1) is 10.6. The smallest absolute Gasteiger partial charge is 0.166 e. The van der Waals surface area contributed by atoms with Crippen molar-refractivity contribution in [3.63, 3.8) is 0 Å². The molecule has 3 rings (SSSR count). The lowest BCUT2D eigenvalue weighted by Crippen LogP contribution is -2.09. The summed E-state index contributed by atoms with van der Waals surface area (Å²) >= 11 is 0. The molecule has 0 amide bonds. The van der Waals surface area contributed by atoms with Gasteiger partial charge < -0.3 is 0 Å². The molecule has 1 aromatic heterocycles. The molecule has 0 aliphatic heterocycles. The summed E-state index contributed by atoms with van der Waals surface area (Å²) < 4.78 is 26.0. The van der Waals surface area contributed by atoms with Crippen molar-refractivity contribution in [3.8, 4) is 5.69 Å². The zero-order valence-corrected chi connectivity index (χ0v) is 12.6. The number of hydrogen-bond acceptors (Lipinski definition) is 4. The van der Waals surface area contributed by atoms with E-state index in [9.17, 15) is 8.42 Å². The Morgan fingerprint density at radius 2 is 1.50 bits per heavy atom. The highest BCUT2D eigenvalue weighted by Crippen LogP contribution is 2.11. The highest BCUT2D eigenvalue weighted by molar-refractivity contribution is 7.89. The van der Waals surface area contributed by atoms with Crippen molar-refractivity contribution in [2.75, 3.05) is 0 Å². The molecule has 2 aromatic carbocycles. The molecule has 0 aliphatic rings. The molecule has 0 atom stereocenters. The zero-order chi connectivity index (χ0) is 15.4. The molecule has 0 bridgehead atoms. The van der Waals surface area contributed by atoms with Crippen molar-refractivity contribution >= 4 is 9.84 Å². The largest absolute Gasteiger partial charge is 0.228 e. The summed E-state index contributed by atoms with van der Waals surface area (Å²) in [6, 6.07) is 18.6. The van der Waals surface area contributed by atoms with Gasteiger partial charge in [-0.25, -0.2) is 18.1 Å². The van der Waals surface area contributed by atoms with E-state index >= 15 is 0 Å². The van der Waals surface area contributed by atoms with Crippen molar-refractivity contribution in [2.24, 2.45) is 0 Å². The van der Waals surface area contributed by atoms with Crippen LogP contribution in [0.1, 0.15) is 11.4 Å². The van der Waals surface area contributed by atoms with Crippen molar-refractivity contribution in [2.45, 2.75) is 11.5 Å². The topological polar surface area (TPSA) is 64.8 Å². The maximum atomic E-state index is 12.2. The third-order valence-corrected chi connectivity index (χ3v) is 4.61. The number of aromatic nitrogens is 3. The van der Waals surface area contributed by atoms with Gasteiger partial charge in [0.1, 0.15) is 12.1 Å². The molecule has 5 nitrogen and oxygen atoms in total. The minimum atomic E-state index is -3.29. The first-order valence-corrected chi connectivity index (χ1v) is 8.65. The fourth-order valence-electron chi connectivity index (χ4n) is 2.14. The molecular formula is C16H15N3O2S. The summed E-state index contributed by atoms with van der Waals surface area (Å²) in [6.07, 6.45) is 1.53. The van der Waals surface area contributed by atoms with Crippen molar-refractivity contribution in [3.05, 3.63) is 78.4 Å². The molecule has 0 aliphatic carbocycles. The van der Waals surface area contributed by atoms with Crippen molar-refractivity contribution in [1.29, 1.82) is 0 Å². The van der Waals surface area contributed by atoms with Gasteiger partial charge in [0.25, 0.3) is 0 Å². The quantitative estimate of drug-likeness (QED) is 0.725. The molecule has 22 heavy (non-hydrogen) atoms. The summed E-state index contributed by atoms with van der Waals surface area (Å²) in [5.41, 5.74) is 1.62. The third kappa shape index (κ3) is 3.59. The van der Waals surface area contributed by atoms with E-state index in [0.717, 1.165) is 11.3 Å². The van der Waals surface area contributed by atoms with E-state index in [1.807, 2.05) is 48.5 Å². The van der Waals surface area contributed by atoms with Crippen molar-refractivity contribution in [1.82, 2.24) is 14.8 Å². The Balaban J connectivity index is 1.75. The van der Waals surface area contributed by atoms with Crippen LogP contribution in [0.3, 0.4) is 0 Å². The summed E-state index contributed by atoms with van der Waals surface area (Å²) in [6.45, 7) is 0. The number of sulfone groups is 1. The van der Waals surface area contributed by atoms with Crippen LogP contribution in [-0.4, -0.2) is 23.2 Å². The summed E-state index contributed by atoms with van der Waals surface area (Å²) in [5.74, 6) is 0.134. The molecule has 0 spiro atoms. The summed E-state index contributed by atoms with van der Waals surface area (Å²) in [4.78, 5) is 4.09. The van der Waals surface area contributed by atoms with Gasteiger partial charge in [-0.2, -0.15) is 5.10 Å². The molecule has 1 heterocycles. The van der Waals surface area contributed by atoms with Crippen LogP contribution in [0.15, 0.2) is 67.0 Å². The molecule has 112 valence electrons. The van der Waals surface area contributed by atoms with Gasteiger partial charge in [0, 0.05) is 0 Å². The standard InChI is InChI=1S/C16H15N3O2S/c20-22(21,11-14-7-3-1-4-8-14)12-16-17-13-19(18-16)15-9-5-2-6-10-15/h1-10,13H,11-12H2. The monoisotopic (exact) mass is 313 g/mol. The summed E-state index contributed by atoms with van der Waals surface area (Å²) in [7, 11) is -3.29. The minimum Gasteiger partial charge on any atom is -0.228 e. The molecule has 0 fully saturated rings. The Bertz CT molecular complexity index is 843.